The summed E-state index contributed by atoms with van der Waals surface area (Å²) in [5.41, 5.74) is 2.46. The van der Waals surface area contributed by atoms with Gasteiger partial charge in [0.1, 0.15) is 5.82 Å². The van der Waals surface area contributed by atoms with E-state index in [-0.39, 0.29) is 16.3 Å². The van der Waals surface area contributed by atoms with Gasteiger partial charge in [0.25, 0.3) is 0 Å². The first-order valence-electron chi connectivity index (χ1n) is 12.0. The van der Waals surface area contributed by atoms with Crippen LogP contribution in [-0.2, 0) is 33.3 Å². The SMILES string of the molecule is CCCCn1c(CCC(=O)NC2(c3ccccc3)CCC2)nc2cc(S(=O)(=O)N(C)C)ccc21. The molecule has 8 heteroatoms. The zero-order valence-corrected chi connectivity index (χ0v) is 21.1. The Bertz CT molecular complexity index is 1260. The fourth-order valence-electron chi connectivity index (χ4n) is 4.62. The summed E-state index contributed by atoms with van der Waals surface area (Å²) in [4.78, 5) is 18.0. The largest absolute Gasteiger partial charge is 0.347 e. The van der Waals surface area contributed by atoms with Crippen LogP contribution in [0.5, 0.6) is 0 Å². The number of nitrogens with zero attached hydrogens (tertiary/aromatic N) is 3. The summed E-state index contributed by atoms with van der Waals surface area (Å²) in [6.07, 6.45) is 5.89. The van der Waals surface area contributed by atoms with E-state index in [2.05, 4.69) is 28.9 Å². The van der Waals surface area contributed by atoms with Gasteiger partial charge >= 0.3 is 0 Å². The highest BCUT2D eigenvalue weighted by Gasteiger charge is 2.39. The van der Waals surface area contributed by atoms with Crippen molar-refractivity contribution in [1.82, 2.24) is 19.2 Å². The number of carbonyl (C=O) groups is 1. The van der Waals surface area contributed by atoms with Gasteiger partial charge in [0.15, 0.2) is 0 Å². The number of imidazole rings is 1. The summed E-state index contributed by atoms with van der Waals surface area (Å²) in [6, 6.07) is 15.3. The number of fused-ring (bicyclic) bond motifs is 1. The Hall–Kier alpha value is -2.71. The smallest absolute Gasteiger partial charge is 0.242 e. The normalized spacial score (nSPS) is 15.4. The molecule has 1 N–H and O–H groups in total. The number of rotatable bonds is 10. The average molecular weight is 483 g/mol. The predicted octanol–water partition coefficient (Wildman–Crippen LogP) is 4.21. The van der Waals surface area contributed by atoms with Gasteiger partial charge in [-0.05, 0) is 49.4 Å². The molecule has 0 unspecified atom stereocenters. The summed E-state index contributed by atoms with van der Waals surface area (Å²) in [5.74, 6) is 0.842. The standard InChI is InChI=1S/C26H34N4O3S/c1-4-5-18-30-23-13-12-21(34(32,33)29(2)3)19-22(23)27-24(30)14-15-25(31)28-26(16-9-17-26)20-10-7-6-8-11-20/h6-8,10-13,19H,4-5,9,14-18H2,1-3H3,(H,28,31). The topological polar surface area (TPSA) is 84.3 Å². The van der Waals surface area contributed by atoms with Crippen LogP contribution in [0.25, 0.3) is 11.0 Å². The maximum atomic E-state index is 13.0. The number of benzene rings is 2. The van der Waals surface area contributed by atoms with Gasteiger partial charge in [-0.3, -0.25) is 4.79 Å². The maximum absolute atomic E-state index is 13.0. The minimum Gasteiger partial charge on any atom is -0.347 e. The molecule has 0 aliphatic heterocycles. The third-order valence-electron chi connectivity index (χ3n) is 6.80. The number of sulfonamides is 1. The molecule has 1 amide bonds. The number of nitrogens with one attached hydrogen (secondary N) is 1. The van der Waals surface area contributed by atoms with Crippen molar-refractivity contribution in [2.75, 3.05) is 14.1 Å². The summed E-state index contributed by atoms with van der Waals surface area (Å²) < 4.78 is 28.5. The first-order valence-corrected chi connectivity index (χ1v) is 13.5. The van der Waals surface area contributed by atoms with Crippen LogP contribution in [-0.4, -0.2) is 42.3 Å². The monoisotopic (exact) mass is 482 g/mol. The van der Waals surface area contributed by atoms with Gasteiger partial charge in [-0.2, -0.15) is 0 Å². The molecule has 1 aromatic heterocycles. The average Bonchev–Trinajstić information content (AvgIpc) is 3.15. The van der Waals surface area contributed by atoms with Gasteiger partial charge in [-0.25, -0.2) is 17.7 Å². The fourth-order valence-corrected chi connectivity index (χ4v) is 5.54. The molecule has 34 heavy (non-hydrogen) atoms. The molecule has 1 heterocycles. The van der Waals surface area contributed by atoms with Gasteiger partial charge in [0.05, 0.1) is 21.5 Å². The molecule has 3 aromatic rings. The zero-order chi connectivity index (χ0) is 24.3. The number of unbranched alkanes of at least 4 members (excludes halogenated alkanes) is 1. The fraction of sp³-hybridized carbons (Fsp3) is 0.462. The molecule has 4 rings (SSSR count). The van der Waals surface area contributed by atoms with E-state index in [9.17, 15) is 13.2 Å². The van der Waals surface area contributed by atoms with E-state index in [4.69, 9.17) is 4.98 Å². The Morgan fingerprint density at radius 1 is 1.15 bits per heavy atom. The summed E-state index contributed by atoms with van der Waals surface area (Å²) in [6.45, 7) is 2.92. The molecule has 0 radical (unpaired) electrons. The highest BCUT2D eigenvalue weighted by molar-refractivity contribution is 7.89. The molecule has 1 aliphatic carbocycles. The van der Waals surface area contributed by atoms with Crippen molar-refractivity contribution in [3.8, 4) is 0 Å². The molecule has 0 spiro atoms. The zero-order valence-electron chi connectivity index (χ0n) is 20.3. The molecule has 1 fully saturated rings. The highest BCUT2D eigenvalue weighted by atomic mass is 32.2. The number of aromatic nitrogens is 2. The predicted molar refractivity (Wildman–Crippen MR) is 134 cm³/mol. The molecule has 0 atom stereocenters. The van der Waals surface area contributed by atoms with Crippen molar-refractivity contribution >= 4 is 27.0 Å². The Balaban J connectivity index is 1.55. The quantitative estimate of drug-likeness (QED) is 0.469. The van der Waals surface area contributed by atoms with Gasteiger partial charge < -0.3 is 9.88 Å². The van der Waals surface area contributed by atoms with Crippen LogP contribution in [0, 0.1) is 0 Å². The Morgan fingerprint density at radius 2 is 1.88 bits per heavy atom. The molecule has 2 aromatic carbocycles. The van der Waals surface area contributed by atoms with Crippen molar-refractivity contribution in [2.45, 2.75) is 68.8 Å². The number of carbonyl (C=O) groups excluding carboxylic acids is 1. The lowest BCUT2D eigenvalue weighted by Crippen LogP contribution is -2.50. The Morgan fingerprint density at radius 3 is 2.50 bits per heavy atom. The second kappa shape index (κ2) is 9.88. The van der Waals surface area contributed by atoms with Gasteiger partial charge in [0.2, 0.25) is 15.9 Å². The van der Waals surface area contributed by atoms with Gasteiger partial charge in [0, 0.05) is 33.5 Å². The minimum atomic E-state index is -3.54. The summed E-state index contributed by atoms with van der Waals surface area (Å²) >= 11 is 0. The van der Waals surface area contributed by atoms with Crippen molar-refractivity contribution in [3.63, 3.8) is 0 Å². The molecule has 182 valence electrons. The maximum Gasteiger partial charge on any atom is 0.242 e. The molecule has 1 aliphatic rings. The van der Waals surface area contributed by atoms with Crippen LogP contribution in [0.3, 0.4) is 0 Å². The second-order valence-electron chi connectivity index (χ2n) is 9.32. The third-order valence-corrected chi connectivity index (χ3v) is 8.61. The summed E-state index contributed by atoms with van der Waals surface area (Å²) in [5, 5.41) is 3.29. The molecule has 0 saturated heterocycles. The van der Waals surface area contributed by atoms with E-state index in [1.54, 1.807) is 12.1 Å². The van der Waals surface area contributed by atoms with E-state index in [0.29, 0.717) is 18.4 Å². The molecule has 7 nitrogen and oxygen atoms in total. The third kappa shape index (κ3) is 4.74. The van der Waals surface area contributed by atoms with Gasteiger partial charge in [-0.1, -0.05) is 43.7 Å². The van der Waals surface area contributed by atoms with E-state index in [0.717, 1.165) is 50.0 Å². The molecular formula is C26H34N4O3S. The van der Waals surface area contributed by atoms with Crippen LogP contribution in [0.15, 0.2) is 53.4 Å². The van der Waals surface area contributed by atoms with Crippen LogP contribution >= 0.6 is 0 Å². The lowest BCUT2D eigenvalue weighted by Gasteiger charge is -2.43. The van der Waals surface area contributed by atoms with Crippen molar-refractivity contribution in [1.29, 1.82) is 0 Å². The van der Waals surface area contributed by atoms with Crippen molar-refractivity contribution in [3.05, 3.63) is 59.9 Å². The van der Waals surface area contributed by atoms with Crippen LogP contribution < -0.4 is 5.32 Å². The lowest BCUT2D eigenvalue weighted by atomic mass is 9.71. The minimum absolute atomic E-state index is 0.0218. The first kappa shape index (κ1) is 24.4. The number of amides is 1. The number of aryl methyl sites for hydroxylation is 2. The van der Waals surface area contributed by atoms with E-state index < -0.39 is 10.0 Å². The highest BCUT2D eigenvalue weighted by Crippen LogP contribution is 2.41. The molecule has 0 bridgehead atoms. The lowest BCUT2D eigenvalue weighted by molar-refractivity contribution is -0.124. The number of hydrogen-bond donors (Lipinski definition) is 1. The van der Waals surface area contributed by atoms with E-state index in [1.807, 2.05) is 24.3 Å². The summed E-state index contributed by atoms with van der Waals surface area (Å²) in [7, 11) is -0.495. The van der Waals surface area contributed by atoms with Crippen molar-refractivity contribution in [2.24, 2.45) is 0 Å². The van der Waals surface area contributed by atoms with Crippen LogP contribution in [0.4, 0.5) is 0 Å². The first-order chi connectivity index (χ1) is 16.3. The second-order valence-corrected chi connectivity index (χ2v) is 11.5. The number of hydrogen-bond acceptors (Lipinski definition) is 4. The molecular weight excluding hydrogens is 448 g/mol. The Labute approximate surface area is 202 Å². The van der Waals surface area contributed by atoms with Crippen molar-refractivity contribution < 1.29 is 13.2 Å². The van der Waals surface area contributed by atoms with Gasteiger partial charge in [-0.15, -0.1) is 0 Å². The molecule has 1 saturated carbocycles. The Kier molecular flexibility index (Phi) is 7.09. The van der Waals surface area contributed by atoms with E-state index >= 15 is 0 Å². The van der Waals surface area contributed by atoms with Crippen LogP contribution in [0.1, 0.15) is 56.8 Å². The van der Waals surface area contributed by atoms with Crippen LogP contribution in [0.2, 0.25) is 0 Å². The van der Waals surface area contributed by atoms with E-state index in [1.165, 1.54) is 24.0 Å².